The number of carbonyl (C=O) groups is 24. The standard InChI is InChI=1S/C19H18O6.C15H14O6.C13H14O6.C13H12O6.C10H8O6.C8H4O6/c20-16-12-6-2-8(14(12)18(22)24-16)10-4(6)1-5-7-3-9(11(5)10)15-13(7)17(21)25-19(15)23;16-9-3-5-4-1-6(12(5)15(19)20-9)11-8-2-7(10(4)11)13(17)21-14(8)18;2*1-5-2-6(7-4-9(14)18-11(7)15)3-8-10(5)13(17)19-12(8)16;11-6-2-3-4-1-5(7(3)10(14)15-6)9(13)16-8(4)12;9-5-1-2-4(8(12)13-5)3(1)7(11)14-6(2)10/h4-15H,1-3H2;4-8,10-12H,1-3H2;5-8,10H,2-4H2,1H3;2,6-8,10H,3-4H2,1H3;3-5,7H,1-2H2;1-4H. The summed E-state index contributed by atoms with van der Waals surface area (Å²) in [7, 11) is 0. The Labute approximate surface area is 640 Å². The van der Waals surface area contributed by atoms with Crippen molar-refractivity contribution in [3.8, 4) is 0 Å². The molecule has 0 aromatic rings. The molecular weight excluding hydrogens is 1510 g/mol. The van der Waals surface area contributed by atoms with Crippen molar-refractivity contribution in [3.05, 3.63) is 11.6 Å². The zero-order valence-electron chi connectivity index (χ0n) is 60.3. The highest BCUT2D eigenvalue weighted by atomic mass is 16.6. The maximum atomic E-state index is 12.2. The SMILES string of the molecule is CC1=CC(C2CC(=O)OC2=O)CC2C(=O)OC(=O)C12.CC1CC(C2CC(=O)OC2=O)CC2C(=O)OC(=O)C12.O=C1CC2C3CC(C(=O)OC3=O)C2C(=O)O1.O=C1CC2C3CC(C2C(=O)O1)C1C2CC(C(=O)OC2=O)C31.O=C1OC(=O)C2C3C(=O)OC(=O)C2C13.O=C1OC(=O)C2C3CC(C4CC5C6CC(C7C(=O)OC(=O)C67)C5C43)C12. The number of cyclic esters (lactones) is 22. The highest BCUT2D eigenvalue weighted by Gasteiger charge is 2.78. The van der Waals surface area contributed by atoms with E-state index in [1.54, 1.807) is 13.0 Å². The third kappa shape index (κ3) is 10.7. The molecule has 13 aliphatic heterocycles. The summed E-state index contributed by atoms with van der Waals surface area (Å²) in [5, 5.41) is 0. The molecule has 0 aromatic heterocycles. The molecule has 0 radical (unpaired) electrons. The topological polar surface area (TPSA) is 520 Å². The second-order valence-corrected chi connectivity index (χ2v) is 35.4. The molecule has 36 nitrogen and oxygen atoms in total. The monoisotopic (exact) mass is 1580 g/mol. The Bertz CT molecular complexity index is 4560. The smallest absolute Gasteiger partial charge is 0.321 e. The van der Waals surface area contributed by atoms with Crippen molar-refractivity contribution in [2.75, 3.05) is 0 Å². The van der Waals surface area contributed by atoms with Gasteiger partial charge in [0.05, 0.1) is 138 Å². The molecule has 11 saturated carbocycles. The fourth-order valence-corrected chi connectivity index (χ4v) is 27.3. The van der Waals surface area contributed by atoms with Crippen LogP contribution >= 0.6 is 0 Å². The van der Waals surface area contributed by atoms with E-state index in [1.165, 1.54) is 0 Å². The van der Waals surface area contributed by atoms with Crippen molar-refractivity contribution in [2.45, 2.75) is 97.3 Å². The normalized spacial score (nSPS) is 48.0. The Hall–Kier alpha value is -10.6. The fraction of sp³-hybridized carbons (Fsp3) is 0.667. The van der Waals surface area contributed by atoms with Crippen LogP contribution in [0.2, 0.25) is 0 Å². The van der Waals surface area contributed by atoms with Gasteiger partial charge in [-0.1, -0.05) is 18.6 Å². The molecule has 114 heavy (non-hydrogen) atoms. The maximum Gasteiger partial charge on any atom is 0.321 e. The van der Waals surface area contributed by atoms with Gasteiger partial charge in [-0.15, -0.1) is 0 Å². The first kappa shape index (κ1) is 73.6. The number of rotatable bonds is 2. The molecule has 33 unspecified atom stereocenters. The van der Waals surface area contributed by atoms with Gasteiger partial charge in [-0.2, -0.15) is 0 Å². The van der Waals surface area contributed by atoms with Crippen LogP contribution < -0.4 is 0 Å². The van der Waals surface area contributed by atoms with E-state index in [2.05, 4.69) is 37.9 Å². The van der Waals surface area contributed by atoms with Gasteiger partial charge < -0.3 is 56.8 Å². The molecule has 598 valence electrons. The molecule has 12 aliphatic carbocycles. The van der Waals surface area contributed by atoms with Crippen molar-refractivity contribution < 1.29 is 172 Å². The second kappa shape index (κ2) is 26.0. The first-order valence-electron chi connectivity index (χ1n) is 39.0. The molecule has 33 atom stereocenters. The minimum absolute atomic E-state index is 0.00717. The van der Waals surface area contributed by atoms with Crippen LogP contribution in [0.15, 0.2) is 11.6 Å². The molecular formula is C78H70O36. The quantitative estimate of drug-likeness (QED) is 0.115. The predicted octanol–water partition coefficient (Wildman–Crippen LogP) is -0.0807. The van der Waals surface area contributed by atoms with E-state index in [9.17, 15) is 115 Å². The van der Waals surface area contributed by atoms with Gasteiger partial charge >= 0.3 is 143 Å². The summed E-state index contributed by atoms with van der Waals surface area (Å²) in [6.45, 7) is 3.62. The fourth-order valence-electron chi connectivity index (χ4n) is 27.3. The number of allylic oxidation sites excluding steroid dienone is 1. The zero-order chi connectivity index (χ0) is 80.2. The number of hydrogen-bond acceptors (Lipinski definition) is 36. The molecule has 0 aromatic carbocycles. The largest absolute Gasteiger partial charge is 0.393 e. The third-order valence-electron chi connectivity index (χ3n) is 31.1. The number of carbonyl (C=O) groups excluding carboxylic acids is 24. The summed E-state index contributed by atoms with van der Waals surface area (Å²) in [5.41, 5.74) is 0.726. The average molecular weight is 1580 g/mol. The van der Waals surface area contributed by atoms with E-state index in [0.717, 1.165) is 31.3 Å². The lowest BCUT2D eigenvalue weighted by Gasteiger charge is -2.51. The lowest BCUT2D eigenvalue weighted by molar-refractivity contribution is -0.227. The van der Waals surface area contributed by atoms with Crippen molar-refractivity contribution in [2.24, 2.45) is 219 Å². The molecule has 0 amide bonds. The Balaban J connectivity index is 0.0000000926. The van der Waals surface area contributed by atoms with E-state index in [4.69, 9.17) is 18.9 Å². The van der Waals surface area contributed by atoms with Crippen molar-refractivity contribution >= 4 is 143 Å². The Morgan fingerprint density at radius 2 is 0.544 bits per heavy atom. The number of fused-ring (bicyclic) bond motifs is 38. The van der Waals surface area contributed by atoms with Crippen LogP contribution in [0.4, 0.5) is 0 Å². The van der Waals surface area contributed by atoms with Gasteiger partial charge in [0.25, 0.3) is 0 Å². The average Bonchev–Trinajstić information content (AvgIpc) is 1.44. The van der Waals surface area contributed by atoms with E-state index >= 15 is 0 Å². The minimum Gasteiger partial charge on any atom is -0.393 e. The van der Waals surface area contributed by atoms with Crippen molar-refractivity contribution in [1.82, 2.24) is 0 Å². The number of esters is 24. The summed E-state index contributed by atoms with van der Waals surface area (Å²) in [6, 6.07) is 0. The third-order valence-corrected chi connectivity index (χ3v) is 31.1. The van der Waals surface area contributed by atoms with Crippen LogP contribution in [-0.4, -0.2) is 143 Å². The summed E-state index contributed by atoms with van der Waals surface area (Å²) in [6.07, 6.45) is 8.26. The first-order valence-corrected chi connectivity index (χ1v) is 39.0. The van der Waals surface area contributed by atoms with E-state index in [-0.39, 0.29) is 162 Å². The van der Waals surface area contributed by atoms with Crippen molar-refractivity contribution in [3.63, 3.8) is 0 Å². The van der Waals surface area contributed by atoms with E-state index < -0.39 is 202 Å². The van der Waals surface area contributed by atoms with E-state index in [1.807, 2.05) is 6.92 Å². The maximum absolute atomic E-state index is 12.2. The molecule has 14 bridgehead atoms. The molecule has 36 heteroatoms. The van der Waals surface area contributed by atoms with Gasteiger partial charge in [-0.3, -0.25) is 115 Å². The van der Waals surface area contributed by atoms with Crippen molar-refractivity contribution in [1.29, 1.82) is 0 Å². The summed E-state index contributed by atoms with van der Waals surface area (Å²) >= 11 is 0. The summed E-state index contributed by atoms with van der Waals surface area (Å²) < 4.78 is 55.7. The Kier molecular flexibility index (Phi) is 16.8. The minimum atomic E-state index is -0.786. The first-order chi connectivity index (χ1) is 54.2. The van der Waals surface area contributed by atoms with Gasteiger partial charge in [0.2, 0.25) is 0 Å². The highest BCUT2D eigenvalue weighted by Crippen LogP contribution is 2.76. The van der Waals surface area contributed by atoms with Crippen LogP contribution in [0, 0.1) is 219 Å². The van der Waals surface area contributed by atoms with Crippen LogP contribution in [0.1, 0.15) is 97.3 Å². The molecule has 24 fully saturated rings. The number of ether oxygens (including phenoxy) is 12. The van der Waals surface area contributed by atoms with Crippen LogP contribution in [0.25, 0.3) is 0 Å². The highest BCUT2D eigenvalue weighted by molar-refractivity contribution is 6.11. The Morgan fingerprint density at radius 1 is 0.219 bits per heavy atom. The summed E-state index contributed by atoms with van der Waals surface area (Å²) in [4.78, 5) is 278. The van der Waals surface area contributed by atoms with Crippen LogP contribution in [0.5, 0.6) is 0 Å². The molecule has 25 aliphatic rings. The lowest BCUT2D eigenvalue weighted by atomic mass is 9.53. The lowest BCUT2D eigenvalue weighted by Crippen LogP contribution is -2.69. The van der Waals surface area contributed by atoms with Gasteiger partial charge in [0, 0.05) is 6.42 Å². The molecule has 13 saturated heterocycles. The zero-order valence-corrected chi connectivity index (χ0v) is 60.3. The van der Waals surface area contributed by atoms with Crippen LogP contribution in [-0.2, 0) is 172 Å². The predicted molar refractivity (Wildman–Crippen MR) is 342 cm³/mol. The molecule has 0 spiro atoms. The van der Waals surface area contributed by atoms with E-state index in [0.29, 0.717) is 55.8 Å². The Morgan fingerprint density at radius 3 is 1.05 bits per heavy atom. The molecule has 0 N–H and O–H groups in total. The number of hydrogen-bond donors (Lipinski definition) is 0. The molecule has 25 rings (SSSR count). The van der Waals surface area contributed by atoms with Gasteiger partial charge in [-0.25, -0.2) is 0 Å². The van der Waals surface area contributed by atoms with Crippen LogP contribution in [0.3, 0.4) is 0 Å². The van der Waals surface area contributed by atoms with Gasteiger partial charge in [0.1, 0.15) is 0 Å². The van der Waals surface area contributed by atoms with Gasteiger partial charge in [-0.05, 0) is 165 Å². The molecule has 13 heterocycles. The second-order valence-electron chi connectivity index (χ2n) is 35.4. The van der Waals surface area contributed by atoms with Gasteiger partial charge in [0.15, 0.2) is 0 Å². The summed E-state index contributed by atoms with van der Waals surface area (Å²) in [5.74, 6) is -19.9.